The van der Waals surface area contributed by atoms with Crippen molar-refractivity contribution >= 4 is 0 Å². The van der Waals surface area contributed by atoms with Gasteiger partial charge in [-0.05, 0) is 18.3 Å². The summed E-state index contributed by atoms with van der Waals surface area (Å²) in [6, 6.07) is 0. The second-order valence-electron chi connectivity index (χ2n) is 5.48. The van der Waals surface area contributed by atoms with Crippen LogP contribution < -0.4 is 0 Å². The maximum atomic E-state index is 9.14. The zero-order valence-electron chi connectivity index (χ0n) is 10.4. The van der Waals surface area contributed by atoms with Crippen molar-refractivity contribution in [3.8, 4) is 0 Å². The van der Waals surface area contributed by atoms with Gasteiger partial charge in [-0.2, -0.15) is 0 Å². The smallest absolute Gasteiger partial charge is 0.158 e. The summed E-state index contributed by atoms with van der Waals surface area (Å²) in [4.78, 5) is 0. The lowest BCUT2D eigenvalue weighted by Crippen LogP contribution is -2.28. The molecule has 16 heavy (non-hydrogen) atoms. The van der Waals surface area contributed by atoms with E-state index in [4.69, 9.17) is 5.11 Å². The standard InChI is InChI=1S/C12H21N3O/c1-12(2)7-5-4-6-9(12)11-14-13-10(8-16)15(11)3/h9,16H,4-8H2,1-3H3. The molecule has 1 heterocycles. The number of aromatic nitrogens is 3. The number of hydrogen-bond donors (Lipinski definition) is 1. The van der Waals surface area contributed by atoms with Gasteiger partial charge in [0, 0.05) is 13.0 Å². The minimum absolute atomic E-state index is 0.0311. The van der Waals surface area contributed by atoms with Gasteiger partial charge in [0.1, 0.15) is 12.4 Å². The molecule has 1 N–H and O–H groups in total. The van der Waals surface area contributed by atoms with E-state index < -0.39 is 0 Å². The van der Waals surface area contributed by atoms with Crippen molar-refractivity contribution in [1.29, 1.82) is 0 Å². The Morgan fingerprint density at radius 1 is 1.38 bits per heavy atom. The molecule has 1 aliphatic carbocycles. The molecule has 1 atom stereocenters. The normalized spacial score (nSPS) is 24.6. The van der Waals surface area contributed by atoms with Gasteiger partial charge < -0.3 is 9.67 Å². The molecule has 90 valence electrons. The number of rotatable bonds is 2. The quantitative estimate of drug-likeness (QED) is 0.834. The van der Waals surface area contributed by atoms with Crippen LogP contribution in [-0.4, -0.2) is 19.9 Å². The van der Waals surface area contributed by atoms with E-state index in [1.807, 2.05) is 11.6 Å². The summed E-state index contributed by atoms with van der Waals surface area (Å²) in [7, 11) is 1.95. The van der Waals surface area contributed by atoms with Crippen molar-refractivity contribution in [2.24, 2.45) is 12.5 Å². The highest BCUT2D eigenvalue weighted by atomic mass is 16.3. The Kier molecular flexibility index (Phi) is 3.02. The van der Waals surface area contributed by atoms with E-state index in [2.05, 4.69) is 24.0 Å². The van der Waals surface area contributed by atoms with Crippen LogP contribution in [0.25, 0.3) is 0 Å². The van der Waals surface area contributed by atoms with Crippen LogP contribution in [0.1, 0.15) is 57.1 Å². The highest BCUT2D eigenvalue weighted by Gasteiger charge is 2.36. The highest BCUT2D eigenvalue weighted by molar-refractivity contribution is 5.07. The lowest BCUT2D eigenvalue weighted by Gasteiger charge is -2.37. The van der Waals surface area contributed by atoms with Crippen molar-refractivity contribution in [3.05, 3.63) is 11.6 Å². The molecule has 4 heteroatoms. The minimum Gasteiger partial charge on any atom is -0.388 e. The van der Waals surface area contributed by atoms with Gasteiger partial charge >= 0.3 is 0 Å². The molecule has 4 nitrogen and oxygen atoms in total. The predicted octanol–water partition coefficient (Wildman–Crippen LogP) is 1.99. The Hall–Kier alpha value is -0.900. The van der Waals surface area contributed by atoms with E-state index in [1.165, 1.54) is 25.7 Å². The third-order valence-corrected chi connectivity index (χ3v) is 3.96. The summed E-state index contributed by atoms with van der Waals surface area (Å²) in [6.07, 6.45) is 5.02. The fourth-order valence-corrected chi connectivity index (χ4v) is 2.79. The second kappa shape index (κ2) is 4.17. The summed E-state index contributed by atoms with van der Waals surface area (Å²) in [6.45, 7) is 4.59. The monoisotopic (exact) mass is 223 g/mol. The highest BCUT2D eigenvalue weighted by Crippen LogP contribution is 2.45. The van der Waals surface area contributed by atoms with Crippen molar-refractivity contribution in [2.45, 2.75) is 52.1 Å². The maximum Gasteiger partial charge on any atom is 0.158 e. The van der Waals surface area contributed by atoms with E-state index in [9.17, 15) is 0 Å². The summed E-state index contributed by atoms with van der Waals surface area (Å²) in [5.74, 6) is 2.17. The Morgan fingerprint density at radius 2 is 2.12 bits per heavy atom. The first-order chi connectivity index (χ1) is 7.56. The Morgan fingerprint density at radius 3 is 2.69 bits per heavy atom. The fraction of sp³-hybridized carbons (Fsp3) is 0.833. The van der Waals surface area contributed by atoms with Crippen molar-refractivity contribution in [2.75, 3.05) is 0 Å². The summed E-state index contributed by atoms with van der Waals surface area (Å²) in [5.41, 5.74) is 0.297. The lowest BCUT2D eigenvalue weighted by molar-refractivity contribution is 0.188. The SMILES string of the molecule is Cn1c(CO)nnc1C1CCCCC1(C)C. The lowest BCUT2D eigenvalue weighted by atomic mass is 9.68. The van der Waals surface area contributed by atoms with Gasteiger partial charge in [-0.3, -0.25) is 0 Å². The first-order valence-corrected chi connectivity index (χ1v) is 6.05. The number of aliphatic hydroxyl groups excluding tert-OH is 1. The first-order valence-electron chi connectivity index (χ1n) is 6.05. The van der Waals surface area contributed by atoms with Gasteiger partial charge in [-0.1, -0.05) is 26.7 Å². The van der Waals surface area contributed by atoms with E-state index in [-0.39, 0.29) is 6.61 Å². The first kappa shape index (κ1) is 11.6. The molecular weight excluding hydrogens is 202 g/mol. The maximum absolute atomic E-state index is 9.14. The van der Waals surface area contributed by atoms with Gasteiger partial charge in [0.25, 0.3) is 0 Å². The third kappa shape index (κ3) is 1.86. The molecular formula is C12H21N3O. The molecule has 2 rings (SSSR count). The van der Waals surface area contributed by atoms with E-state index in [0.717, 1.165) is 5.82 Å². The molecule has 0 bridgehead atoms. The number of aliphatic hydroxyl groups is 1. The minimum atomic E-state index is -0.0311. The average molecular weight is 223 g/mol. The van der Waals surface area contributed by atoms with Crippen molar-refractivity contribution < 1.29 is 5.11 Å². The molecule has 0 spiro atoms. The molecule has 1 fully saturated rings. The summed E-state index contributed by atoms with van der Waals surface area (Å²) >= 11 is 0. The van der Waals surface area contributed by atoms with E-state index >= 15 is 0 Å². The van der Waals surface area contributed by atoms with Crippen LogP contribution in [0.2, 0.25) is 0 Å². The van der Waals surface area contributed by atoms with Crippen LogP contribution >= 0.6 is 0 Å². The Labute approximate surface area is 96.7 Å². The average Bonchev–Trinajstić information content (AvgIpc) is 2.59. The van der Waals surface area contributed by atoms with Gasteiger partial charge in [-0.25, -0.2) is 0 Å². The van der Waals surface area contributed by atoms with Gasteiger partial charge in [-0.15, -0.1) is 10.2 Å². The van der Waals surface area contributed by atoms with Crippen LogP contribution in [0.3, 0.4) is 0 Å². The topological polar surface area (TPSA) is 50.9 Å². The fourth-order valence-electron chi connectivity index (χ4n) is 2.79. The number of hydrogen-bond acceptors (Lipinski definition) is 3. The van der Waals surface area contributed by atoms with Gasteiger partial charge in [0.2, 0.25) is 0 Å². The summed E-state index contributed by atoms with van der Waals surface area (Å²) < 4.78 is 1.96. The Bertz CT molecular complexity index is 370. The van der Waals surface area contributed by atoms with Gasteiger partial charge in [0.15, 0.2) is 5.82 Å². The van der Waals surface area contributed by atoms with Gasteiger partial charge in [0.05, 0.1) is 0 Å². The molecule has 0 radical (unpaired) electrons. The van der Waals surface area contributed by atoms with Crippen LogP contribution in [-0.2, 0) is 13.7 Å². The molecule has 1 unspecified atom stereocenters. The van der Waals surface area contributed by atoms with Crippen molar-refractivity contribution in [3.63, 3.8) is 0 Å². The van der Waals surface area contributed by atoms with Crippen LogP contribution in [0.5, 0.6) is 0 Å². The predicted molar refractivity (Wildman–Crippen MR) is 61.9 cm³/mol. The largest absolute Gasteiger partial charge is 0.388 e. The van der Waals surface area contributed by atoms with E-state index in [1.54, 1.807) is 0 Å². The zero-order chi connectivity index (χ0) is 11.8. The molecule has 1 aromatic rings. The van der Waals surface area contributed by atoms with Crippen LogP contribution in [0.15, 0.2) is 0 Å². The second-order valence-corrected chi connectivity index (χ2v) is 5.48. The molecule has 1 aromatic heterocycles. The van der Waals surface area contributed by atoms with Crippen molar-refractivity contribution in [1.82, 2.24) is 14.8 Å². The van der Waals surface area contributed by atoms with Crippen LogP contribution in [0, 0.1) is 5.41 Å². The molecule has 0 aromatic carbocycles. The molecule has 0 aliphatic heterocycles. The zero-order valence-corrected chi connectivity index (χ0v) is 10.4. The molecule has 0 amide bonds. The van der Waals surface area contributed by atoms with Crippen LogP contribution in [0.4, 0.5) is 0 Å². The summed E-state index contributed by atoms with van der Waals surface area (Å²) in [5, 5.41) is 17.4. The van der Waals surface area contributed by atoms with E-state index in [0.29, 0.717) is 17.2 Å². The third-order valence-electron chi connectivity index (χ3n) is 3.96. The molecule has 1 saturated carbocycles. The number of nitrogens with zero attached hydrogens (tertiary/aromatic N) is 3. The Balaban J connectivity index is 2.31. The molecule has 0 saturated heterocycles. The molecule has 1 aliphatic rings.